The van der Waals surface area contributed by atoms with Crippen LogP contribution < -0.4 is 10.2 Å². The van der Waals surface area contributed by atoms with E-state index in [1.54, 1.807) is 0 Å². The second-order valence-corrected chi connectivity index (χ2v) is 8.17. The molecule has 0 atom stereocenters. The smallest absolute Gasteiger partial charge is 0.226 e. The number of para-hydroxylation sites is 1. The molecular weight excluding hydrogens is 394 g/mol. The Kier molecular flexibility index (Phi) is 5.37. The van der Waals surface area contributed by atoms with E-state index in [9.17, 15) is 0 Å². The van der Waals surface area contributed by atoms with Crippen molar-refractivity contribution in [2.75, 3.05) is 29.9 Å². The van der Waals surface area contributed by atoms with E-state index < -0.39 is 0 Å². The van der Waals surface area contributed by atoms with Gasteiger partial charge in [0, 0.05) is 47.3 Å². The van der Waals surface area contributed by atoms with E-state index >= 15 is 0 Å². The van der Waals surface area contributed by atoms with Gasteiger partial charge in [-0.3, -0.25) is 4.98 Å². The largest absolute Gasteiger partial charge is 0.384 e. The molecule has 5 rings (SSSR count). The van der Waals surface area contributed by atoms with Gasteiger partial charge in [-0.25, -0.2) is 9.97 Å². The molecule has 30 heavy (non-hydrogen) atoms. The average molecular weight is 418 g/mol. The molecule has 152 valence electrons. The van der Waals surface area contributed by atoms with Gasteiger partial charge in [-0.05, 0) is 56.0 Å². The first-order chi connectivity index (χ1) is 14.8. The molecule has 0 spiro atoms. The van der Waals surface area contributed by atoms with Gasteiger partial charge in [0.25, 0.3) is 0 Å². The van der Waals surface area contributed by atoms with Gasteiger partial charge < -0.3 is 10.2 Å². The molecule has 0 saturated carbocycles. The van der Waals surface area contributed by atoms with Crippen molar-refractivity contribution in [2.45, 2.75) is 25.7 Å². The Hall–Kier alpha value is -2.92. The summed E-state index contributed by atoms with van der Waals surface area (Å²) in [6.07, 6.45) is 6.16. The standard InChI is InChI=1S/C24H24ClN5/c25-17-9-10-19-20(11-13-27-23(19)16-17)26-12-5-8-22-18-6-1-2-7-21(18)28-24(29-22)30-14-3-4-15-30/h1-2,6-7,9-11,13,16H,3-5,8,12,14-15H2,(H,26,27). The number of anilines is 2. The first-order valence-electron chi connectivity index (χ1n) is 10.6. The van der Waals surface area contributed by atoms with Crippen LogP contribution in [0.3, 0.4) is 0 Å². The van der Waals surface area contributed by atoms with E-state index in [4.69, 9.17) is 21.6 Å². The van der Waals surface area contributed by atoms with Crippen LogP contribution in [-0.2, 0) is 6.42 Å². The van der Waals surface area contributed by atoms with E-state index in [1.165, 1.54) is 12.8 Å². The maximum atomic E-state index is 6.10. The zero-order chi connectivity index (χ0) is 20.3. The summed E-state index contributed by atoms with van der Waals surface area (Å²) in [7, 11) is 0. The van der Waals surface area contributed by atoms with Crippen LogP contribution in [-0.4, -0.2) is 34.6 Å². The highest BCUT2D eigenvalue weighted by molar-refractivity contribution is 6.31. The van der Waals surface area contributed by atoms with Crippen LogP contribution in [0.4, 0.5) is 11.6 Å². The van der Waals surface area contributed by atoms with E-state index in [0.29, 0.717) is 5.02 Å². The number of hydrogen-bond donors (Lipinski definition) is 1. The number of aromatic nitrogens is 3. The third kappa shape index (κ3) is 3.90. The van der Waals surface area contributed by atoms with Crippen LogP contribution in [0, 0.1) is 0 Å². The minimum absolute atomic E-state index is 0.705. The fourth-order valence-corrected chi connectivity index (χ4v) is 4.30. The molecule has 0 unspecified atom stereocenters. The van der Waals surface area contributed by atoms with E-state index in [-0.39, 0.29) is 0 Å². The van der Waals surface area contributed by atoms with Gasteiger partial charge in [0.2, 0.25) is 5.95 Å². The topological polar surface area (TPSA) is 53.9 Å². The number of pyridine rings is 1. The Morgan fingerprint density at radius 2 is 1.80 bits per heavy atom. The van der Waals surface area contributed by atoms with Crippen LogP contribution in [0.25, 0.3) is 21.8 Å². The third-order valence-corrected chi connectivity index (χ3v) is 5.90. The Labute approximate surface area is 181 Å². The van der Waals surface area contributed by atoms with Crippen LogP contribution in [0.1, 0.15) is 25.0 Å². The summed E-state index contributed by atoms with van der Waals surface area (Å²) in [6, 6.07) is 16.2. The number of fused-ring (bicyclic) bond motifs is 2. The summed E-state index contributed by atoms with van der Waals surface area (Å²) in [5.74, 6) is 0.881. The first kappa shape index (κ1) is 19.1. The van der Waals surface area contributed by atoms with Gasteiger partial charge in [-0.2, -0.15) is 0 Å². The van der Waals surface area contributed by atoms with Crippen molar-refractivity contribution in [1.29, 1.82) is 0 Å². The second kappa shape index (κ2) is 8.44. The van der Waals surface area contributed by atoms with Crippen molar-refractivity contribution in [1.82, 2.24) is 15.0 Å². The third-order valence-electron chi connectivity index (χ3n) is 5.67. The highest BCUT2D eigenvalue weighted by Crippen LogP contribution is 2.25. The maximum Gasteiger partial charge on any atom is 0.226 e. The molecule has 6 heteroatoms. The second-order valence-electron chi connectivity index (χ2n) is 7.73. The van der Waals surface area contributed by atoms with E-state index in [1.807, 2.05) is 30.5 Å². The monoisotopic (exact) mass is 417 g/mol. The minimum atomic E-state index is 0.705. The van der Waals surface area contributed by atoms with Crippen molar-refractivity contribution < 1.29 is 0 Å². The molecule has 1 aliphatic heterocycles. The van der Waals surface area contributed by atoms with Crippen LogP contribution in [0.2, 0.25) is 5.02 Å². The van der Waals surface area contributed by atoms with Crippen LogP contribution in [0.15, 0.2) is 54.7 Å². The van der Waals surface area contributed by atoms with Gasteiger partial charge >= 0.3 is 0 Å². The maximum absolute atomic E-state index is 6.10. The molecule has 1 fully saturated rings. The molecule has 0 bridgehead atoms. The number of nitrogens with one attached hydrogen (secondary N) is 1. The molecule has 3 heterocycles. The first-order valence-corrected chi connectivity index (χ1v) is 10.9. The van der Waals surface area contributed by atoms with Crippen molar-refractivity contribution in [3.63, 3.8) is 0 Å². The van der Waals surface area contributed by atoms with Crippen molar-refractivity contribution in [3.8, 4) is 0 Å². The number of aryl methyl sites for hydroxylation is 1. The molecule has 2 aromatic heterocycles. The Morgan fingerprint density at radius 1 is 0.933 bits per heavy atom. The predicted octanol–water partition coefficient (Wildman–Crippen LogP) is 5.48. The van der Waals surface area contributed by atoms with E-state index in [2.05, 4.69) is 39.5 Å². The Balaban J connectivity index is 1.32. The fraction of sp³-hybridized carbons (Fsp3) is 0.292. The highest BCUT2D eigenvalue weighted by atomic mass is 35.5. The lowest BCUT2D eigenvalue weighted by Gasteiger charge is -2.17. The van der Waals surface area contributed by atoms with Crippen LogP contribution in [0.5, 0.6) is 0 Å². The number of rotatable bonds is 6. The number of nitrogens with zero attached hydrogens (tertiary/aromatic N) is 4. The summed E-state index contributed by atoms with van der Waals surface area (Å²) in [5, 5.41) is 6.51. The van der Waals surface area contributed by atoms with Crippen molar-refractivity contribution in [3.05, 3.63) is 65.4 Å². The quantitative estimate of drug-likeness (QED) is 0.421. The molecular formula is C24H24ClN5. The van der Waals surface area contributed by atoms with Gasteiger partial charge in [0.05, 0.1) is 16.7 Å². The summed E-state index contributed by atoms with van der Waals surface area (Å²) >= 11 is 6.10. The molecule has 1 N–H and O–H groups in total. The molecule has 0 aliphatic carbocycles. The Morgan fingerprint density at radius 3 is 2.70 bits per heavy atom. The van der Waals surface area contributed by atoms with Gasteiger partial charge in [0.1, 0.15) is 0 Å². The highest BCUT2D eigenvalue weighted by Gasteiger charge is 2.17. The molecule has 4 aromatic rings. The number of halogens is 1. The molecule has 0 radical (unpaired) electrons. The number of benzene rings is 2. The predicted molar refractivity (Wildman–Crippen MR) is 125 cm³/mol. The molecule has 1 saturated heterocycles. The summed E-state index contributed by atoms with van der Waals surface area (Å²) in [6.45, 7) is 2.97. The molecule has 0 amide bonds. The zero-order valence-corrected chi connectivity index (χ0v) is 17.6. The lowest BCUT2D eigenvalue weighted by Crippen LogP contribution is -2.21. The number of hydrogen-bond acceptors (Lipinski definition) is 5. The summed E-state index contributed by atoms with van der Waals surface area (Å²) < 4.78 is 0. The zero-order valence-electron chi connectivity index (χ0n) is 16.8. The fourth-order valence-electron chi connectivity index (χ4n) is 4.13. The molecule has 1 aliphatic rings. The lowest BCUT2D eigenvalue weighted by atomic mass is 10.1. The minimum Gasteiger partial charge on any atom is -0.384 e. The van der Waals surface area contributed by atoms with Crippen LogP contribution >= 0.6 is 11.6 Å². The van der Waals surface area contributed by atoms with Gasteiger partial charge in [0.15, 0.2) is 0 Å². The van der Waals surface area contributed by atoms with Gasteiger partial charge in [-0.15, -0.1) is 0 Å². The summed E-state index contributed by atoms with van der Waals surface area (Å²) in [5.41, 5.74) is 4.16. The van der Waals surface area contributed by atoms with Crippen molar-refractivity contribution in [2.24, 2.45) is 0 Å². The van der Waals surface area contributed by atoms with Crippen molar-refractivity contribution >= 4 is 45.0 Å². The summed E-state index contributed by atoms with van der Waals surface area (Å²) in [4.78, 5) is 16.5. The van der Waals surface area contributed by atoms with Gasteiger partial charge in [-0.1, -0.05) is 29.8 Å². The molecule has 2 aromatic carbocycles. The van der Waals surface area contributed by atoms with E-state index in [0.717, 1.165) is 71.6 Å². The average Bonchev–Trinajstić information content (AvgIpc) is 3.31. The normalized spacial score (nSPS) is 14.0. The Bertz CT molecular complexity index is 1190. The lowest BCUT2D eigenvalue weighted by molar-refractivity contribution is 0.824. The molecule has 5 nitrogen and oxygen atoms in total. The SMILES string of the molecule is Clc1ccc2c(NCCCc3nc(N4CCCC4)nc4ccccc34)ccnc2c1.